The highest BCUT2D eigenvalue weighted by Crippen LogP contribution is 2.23. The molecule has 0 amide bonds. The SMILES string of the molecule is O=C(c1ccccc1)C1CCN(CC(O)c2ccccc2)CC1. The second-order valence-electron chi connectivity index (χ2n) is 6.23. The van der Waals surface area contributed by atoms with Gasteiger partial charge in [-0.25, -0.2) is 0 Å². The van der Waals surface area contributed by atoms with Gasteiger partial charge in [0.1, 0.15) is 0 Å². The smallest absolute Gasteiger partial charge is 0.166 e. The van der Waals surface area contributed by atoms with Crippen molar-refractivity contribution in [2.24, 2.45) is 5.92 Å². The van der Waals surface area contributed by atoms with Crippen LogP contribution in [0.5, 0.6) is 0 Å². The van der Waals surface area contributed by atoms with Gasteiger partial charge in [0.15, 0.2) is 5.78 Å². The minimum Gasteiger partial charge on any atom is -0.387 e. The molecule has 1 atom stereocenters. The van der Waals surface area contributed by atoms with Crippen LogP contribution >= 0.6 is 0 Å². The maximum Gasteiger partial charge on any atom is 0.166 e. The van der Waals surface area contributed by atoms with Crippen molar-refractivity contribution >= 4 is 5.78 Å². The first-order valence-corrected chi connectivity index (χ1v) is 8.28. The molecule has 0 aliphatic carbocycles. The number of β-amino-alcohol motifs (C(OH)–C–C–N with tert-alkyl or cyclic N) is 1. The van der Waals surface area contributed by atoms with Crippen LogP contribution in [0.4, 0.5) is 0 Å². The zero-order chi connectivity index (χ0) is 16.1. The summed E-state index contributed by atoms with van der Waals surface area (Å²) in [6.07, 6.45) is 1.28. The van der Waals surface area contributed by atoms with E-state index in [1.54, 1.807) is 0 Å². The number of likely N-dealkylation sites (tertiary alicyclic amines) is 1. The Bertz CT molecular complexity index is 619. The Kier molecular flexibility index (Phi) is 5.21. The Morgan fingerprint density at radius 2 is 1.57 bits per heavy atom. The van der Waals surface area contributed by atoms with Crippen molar-refractivity contribution in [3.8, 4) is 0 Å². The summed E-state index contributed by atoms with van der Waals surface area (Å²) in [6, 6.07) is 19.3. The number of carbonyl (C=O) groups is 1. The summed E-state index contributed by atoms with van der Waals surface area (Å²) in [7, 11) is 0. The monoisotopic (exact) mass is 309 g/mol. The van der Waals surface area contributed by atoms with Crippen LogP contribution in [0.3, 0.4) is 0 Å². The molecule has 3 nitrogen and oxygen atoms in total. The van der Waals surface area contributed by atoms with Crippen LogP contribution in [0.25, 0.3) is 0 Å². The molecule has 0 aromatic heterocycles. The van der Waals surface area contributed by atoms with E-state index in [9.17, 15) is 9.90 Å². The second-order valence-corrected chi connectivity index (χ2v) is 6.23. The molecule has 3 rings (SSSR count). The maximum atomic E-state index is 12.5. The van der Waals surface area contributed by atoms with Crippen molar-refractivity contribution in [3.63, 3.8) is 0 Å². The molecule has 0 radical (unpaired) electrons. The quantitative estimate of drug-likeness (QED) is 0.861. The summed E-state index contributed by atoms with van der Waals surface area (Å²) >= 11 is 0. The molecule has 1 aliphatic heterocycles. The van der Waals surface area contributed by atoms with Crippen molar-refractivity contribution in [3.05, 3.63) is 71.8 Å². The van der Waals surface area contributed by atoms with Gasteiger partial charge in [0.2, 0.25) is 0 Å². The van der Waals surface area contributed by atoms with Crippen molar-refractivity contribution < 1.29 is 9.90 Å². The first-order chi connectivity index (χ1) is 11.2. The number of aliphatic hydroxyl groups is 1. The minimum absolute atomic E-state index is 0.113. The molecule has 3 heteroatoms. The fourth-order valence-electron chi connectivity index (χ4n) is 3.24. The lowest BCUT2D eigenvalue weighted by Gasteiger charge is -2.32. The molecule has 23 heavy (non-hydrogen) atoms. The predicted octanol–water partition coefficient (Wildman–Crippen LogP) is 3.31. The van der Waals surface area contributed by atoms with Gasteiger partial charge in [0, 0.05) is 18.0 Å². The molecule has 2 aromatic carbocycles. The van der Waals surface area contributed by atoms with Crippen LogP contribution < -0.4 is 0 Å². The van der Waals surface area contributed by atoms with E-state index in [0.717, 1.165) is 37.1 Å². The lowest BCUT2D eigenvalue weighted by molar-refractivity contribution is 0.0727. The fourth-order valence-corrected chi connectivity index (χ4v) is 3.24. The largest absolute Gasteiger partial charge is 0.387 e. The molecule has 120 valence electrons. The highest BCUT2D eigenvalue weighted by atomic mass is 16.3. The second kappa shape index (κ2) is 7.53. The molecule has 1 saturated heterocycles. The van der Waals surface area contributed by atoms with E-state index in [0.29, 0.717) is 6.54 Å². The molecule has 0 spiro atoms. The predicted molar refractivity (Wildman–Crippen MR) is 91.3 cm³/mol. The van der Waals surface area contributed by atoms with Crippen molar-refractivity contribution in [1.82, 2.24) is 4.90 Å². The third-order valence-corrected chi connectivity index (χ3v) is 4.63. The lowest BCUT2D eigenvalue weighted by Crippen LogP contribution is -2.38. The Morgan fingerprint density at radius 3 is 2.17 bits per heavy atom. The standard InChI is InChI=1S/C20H23NO2/c22-19(16-7-3-1-4-8-16)15-21-13-11-18(12-14-21)20(23)17-9-5-2-6-10-17/h1-10,18-19,22H,11-15H2. The highest BCUT2D eigenvalue weighted by Gasteiger charge is 2.26. The molecule has 0 saturated carbocycles. The number of rotatable bonds is 5. The molecule has 1 unspecified atom stereocenters. The molecule has 1 fully saturated rings. The first-order valence-electron chi connectivity index (χ1n) is 8.28. The van der Waals surface area contributed by atoms with Crippen molar-refractivity contribution in [1.29, 1.82) is 0 Å². The number of hydrogen-bond acceptors (Lipinski definition) is 3. The van der Waals surface area contributed by atoms with Crippen LogP contribution in [0.1, 0.15) is 34.9 Å². The summed E-state index contributed by atoms with van der Waals surface area (Å²) in [5.41, 5.74) is 1.77. The minimum atomic E-state index is -0.461. The highest BCUT2D eigenvalue weighted by molar-refractivity contribution is 5.97. The topological polar surface area (TPSA) is 40.5 Å². The summed E-state index contributed by atoms with van der Waals surface area (Å²) < 4.78 is 0. The number of aliphatic hydroxyl groups excluding tert-OH is 1. The molecule has 1 aliphatic rings. The van der Waals surface area contributed by atoms with Gasteiger partial charge < -0.3 is 10.0 Å². The molecule has 1 heterocycles. The van der Waals surface area contributed by atoms with E-state index >= 15 is 0 Å². The van der Waals surface area contributed by atoms with Crippen LogP contribution in [0.2, 0.25) is 0 Å². The van der Waals surface area contributed by atoms with Crippen molar-refractivity contribution in [2.45, 2.75) is 18.9 Å². The number of Topliss-reactive ketones (excluding diaryl/α,β-unsaturated/α-hetero) is 1. The number of nitrogens with zero attached hydrogens (tertiary/aromatic N) is 1. The van der Waals surface area contributed by atoms with Crippen LogP contribution in [0, 0.1) is 5.92 Å². The summed E-state index contributed by atoms with van der Waals surface area (Å²) in [4.78, 5) is 14.7. The summed E-state index contributed by atoms with van der Waals surface area (Å²) in [5, 5.41) is 10.3. The van der Waals surface area contributed by atoms with Crippen LogP contribution in [0.15, 0.2) is 60.7 Å². The molecule has 2 aromatic rings. The number of ketones is 1. The van der Waals surface area contributed by atoms with Crippen LogP contribution in [-0.4, -0.2) is 35.4 Å². The zero-order valence-corrected chi connectivity index (χ0v) is 13.3. The number of piperidine rings is 1. The average Bonchev–Trinajstić information content (AvgIpc) is 2.63. The molecular formula is C20H23NO2. The fraction of sp³-hybridized carbons (Fsp3) is 0.350. The van der Waals surface area contributed by atoms with Gasteiger partial charge in [-0.2, -0.15) is 0 Å². The van der Waals surface area contributed by atoms with Gasteiger partial charge in [-0.05, 0) is 31.5 Å². The summed E-state index contributed by atoms with van der Waals surface area (Å²) in [6.45, 7) is 2.37. The Balaban J connectivity index is 1.52. The summed E-state index contributed by atoms with van der Waals surface area (Å²) in [5.74, 6) is 0.372. The molecule has 1 N–H and O–H groups in total. The molecular weight excluding hydrogens is 286 g/mol. The van der Waals surface area contributed by atoms with E-state index in [1.165, 1.54) is 0 Å². The lowest BCUT2D eigenvalue weighted by atomic mass is 9.88. The van der Waals surface area contributed by atoms with Gasteiger partial charge in [-0.15, -0.1) is 0 Å². The molecule has 0 bridgehead atoms. The van der Waals surface area contributed by atoms with Crippen molar-refractivity contribution in [2.75, 3.05) is 19.6 Å². The first kappa shape index (κ1) is 15.9. The third-order valence-electron chi connectivity index (χ3n) is 4.63. The van der Waals surface area contributed by atoms with Gasteiger partial charge in [-0.3, -0.25) is 4.79 Å². The van der Waals surface area contributed by atoms with E-state index in [1.807, 2.05) is 60.7 Å². The number of hydrogen-bond donors (Lipinski definition) is 1. The third kappa shape index (κ3) is 4.06. The Morgan fingerprint density at radius 1 is 1.00 bits per heavy atom. The van der Waals surface area contributed by atoms with Gasteiger partial charge in [0.05, 0.1) is 6.10 Å². The normalized spacial score (nSPS) is 17.8. The van der Waals surface area contributed by atoms with Crippen LogP contribution in [-0.2, 0) is 0 Å². The van der Waals surface area contributed by atoms with E-state index < -0.39 is 6.10 Å². The van der Waals surface area contributed by atoms with E-state index in [2.05, 4.69) is 4.90 Å². The Labute approximate surface area is 137 Å². The van der Waals surface area contributed by atoms with E-state index in [-0.39, 0.29) is 11.7 Å². The van der Waals surface area contributed by atoms with E-state index in [4.69, 9.17) is 0 Å². The number of carbonyl (C=O) groups excluding carboxylic acids is 1. The van der Waals surface area contributed by atoms with Gasteiger partial charge in [-0.1, -0.05) is 60.7 Å². The van der Waals surface area contributed by atoms with Gasteiger partial charge >= 0.3 is 0 Å². The maximum absolute atomic E-state index is 12.5. The average molecular weight is 309 g/mol. The van der Waals surface area contributed by atoms with Gasteiger partial charge in [0.25, 0.3) is 0 Å². The zero-order valence-electron chi connectivity index (χ0n) is 13.3. The Hall–Kier alpha value is -1.97. The number of benzene rings is 2.